The molecule has 128 valence electrons. The monoisotopic (exact) mass is 336 g/mol. The van der Waals surface area contributed by atoms with Crippen LogP contribution in [0.3, 0.4) is 0 Å². The number of rotatable bonds is 3. The molecule has 0 aromatic heterocycles. The fourth-order valence-corrected chi connectivity index (χ4v) is 4.10. The standard InChI is InChI=1S/C14H16N4O6/c1-4-8(15)11(20)7-5(3-23-13(16)21)14(24-22)12-6(17-12)2-18(14)9(7)10(4)19/h5-6,12,17,22H,2-3,15H2,1H3,(H2,16,21)/t5-,6+,12+,14-/m1/s1. The number of hydrogen-bond donors (Lipinski definition) is 4. The second-order valence-electron chi connectivity index (χ2n) is 6.35. The minimum absolute atomic E-state index is 0.00809. The second kappa shape index (κ2) is 4.56. The van der Waals surface area contributed by atoms with Gasteiger partial charge in [0, 0.05) is 23.7 Å². The van der Waals surface area contributed by atoms with Gasteiger partial charge in [0.1, 0.15) is 6.61 Å². The van der Waals surface area contributed by atoms with Crippen LogP contribution in [0, 0.1) is 5.92 Å². The molecule has 0 spiro atoms. The van der Waals surface area contributed by atoms with Gasteiger partial charge in [-0.25, -0.2) is 14.9 Å². The molecule has 1 amide bonds. The largest absolute Gasteiger partial charge is 0.449 e. The molecule has 10 heteroatoms. The lowest BCUT2D eigenvalue weighted by atomic mass is 9.82. The van der Waals surface area contributed by atoms with Crippen LogP contribution in [0.1, 0.15) is 6.92 Å². The van der Waals surface area contributed by atoms with Crippen LogP contribution < -0.4 is 16.8 Å². The van der Waals surface area contributed by atoms with Crippen molar-refractivity contribution in [1.82, 2.24) is 10.2 Å². The number of Topliss-reactive ketones (excluding diaryl/α,β-unsaturated/α-hetero) is 2. The first-order chi connectivity index (χ1) is 11.3. The molecule has 2 saturated heterocycles. The average Bonchev–Trinajstić information content (AvgIpc) is 3.16. The lowest BCUT2D eigenvalue weighted by molar-refractivity contribution is -0.363. The summed E-state index contributed by atoms with van der Waals surface area (Å²) >= 11 is 0. The molecular weight excluding hydrogens is 320 g/mol. The lowest BCUT2D eigenvalue weighted by Gasteiger charge is -2.37. The van der Waals surface area contributed by atoms with E-state index in [0.717, 1.165) is 0 Å². The Morgan fingerprint density at radius 1 is 1.46 bits per heavy atom. The number of nitrogens with two attached hydrogens (primary N) is 2. The number of nitrogens with one attached hydrogen (secondary N) is 1. The molecule has 4 aliphatic rings. The number of carbonyl (C=O) groups excluding carboxylic acids is 3. The highest BCUT2D eigenvalue weighted by molar-refractivity contribution is 6.25. The van der Waals surface area contributed by atoms with Gasteiger partial charge in [-0.1, -0.05) is 0 Å². The maximum Gasteiger partial charge on any atom is 0.404 e. The van der Waals surface area contributed by atoms with Crippen LogP contribution in [0.5, 0.6) is 0 Å². The van der Waals surface area contributed by atoms with Crippen LogP contribution >= 0.6 is 0 Å². The van der Waals surface area contributed by atoms with Gasteiger partial charge in [-0.05, 0) is 6.92 Å². The first kappa shape index (κ1) is 15.1. The van der Waals surface area contributed by atoms with Gasteiger partial charge in [0.05, 0.1) is 23.4 Å². The fourth-order valence-electron chi connectivity index (χ4n) is 4.10. The Kier molecular flexibility index (Phi) is 2.87. The predicted molar refractivity (Wildman–Crippen MR) is 76.8 cm³/mol. The molecule has 0 saturated carbocycles. The van der Waals surface area contributed by atoms with Gasteiger partial charge in [0.2, 0.25) is 17.3 Å². The average molecular weight is 336 g/mol. The molecule has 0 bridgehead atoms. The van der Waals surface area contributed by atoms with E-state index in [1.807, 2.05) is 0 Å². The molecule has 6 N–H and O–H groups in total. The van der Waals surface area contributed by atoms with Crippen LogP contribution in [0.15, 0.2) is 22.5 Å². The number of hydrogen-bond acceptors (Lipinski definition) is 9. The molecule has 24 heavy (non-hydrogen) atoms. The van der Waals surface area contributed by atoms with E-state index in [4.69, 9.17) is 21.1 Å². The van der Waals surface area contributed by atoms with E-state index in [1.54, 1.807) is 4.90 Å². The summed E-state index contributed by atoms with van der Waals surface area (Å²) in [6, 6.07) is -0.301. The van der Waals surface area contributed by atoms with E-state index >= 15 is 0 Å². The summed E-state index contributed by atoms with van der Waals surface area (Å²) in [6.07, 6.45) is -1.03. The molecule has 0 radical (unpaired) electrons. The number of carbonyl (C=O) groups is 3. The molecule has 0 aromatic carbocycles. The van der Waals surface area contributed by atoms with E-state index in [2.05, 4.69) is 5.32 Å². The number of allylic oxidation sites excluding steroid dienone is 2. The Bertz CT molecular complexity index is 758. The SMILES string of the molecule is CC1=C(N)C(=O)C2=C(C1=O)N1C[C@@H]3N[C@@H]3[C@]1(OO)[C@@H]2COC(N)=O. The third-order valence-electron chi connectivity index (χ3n) is 5.29. The Hall–Kier alpha value is -2.43. The van der Waals surface area contributed by atoms with E-state index in [0.29, 0.717) is 6.54 Å². The van der Waals surface area contributed by atoms with Gasteiger partial charge in [-0.3, -0.25) is 9.59 Å². The van der Waals surface area contributed by atoms with Crippen molar-refractivity contribution in [2.24, 2.45) is 17.4 Å². The Labute approximate surface area is 136 Å². The molecule has 0 aromatic rings. The van der Waals surface area contributed by atoms with E-state index < -0.39 is 29.3 Å². The van der Waals surface area contributed by atoms with Crippen molar-refractivity contribution >= 4 is 17.7 Å². The van der Waals surface area contributed by atoms with Crippen LogP contribution in [-0.4, -0.2) is 58.8 Å². The van der Waals surface area contributed by atoms with Crippen molar-refractivity contribution < 1.29 is 29.3 Å². The maximum absolute atomic E-state index is 12.7. The Morgan fingerprint density at radius 3 is 2.79 bits per heavy atom. The van der Waals surface area contributed by atoms with Crippen LogP contribution in [-0.2, 0) is 19.2 Å². The zero-order valence-corrected chi connectivity index (χ0v) is 12.7. The summed E-state index contributed by atoms with van der Waals surface area (Å²) in [5, 5.41) is 12.8. The number of fused-ring (bicyclic) bond motifs is 4. The van der Waals surface area contributed by atoms with Crippen LogP contribution in [0.4, 0.5) is 4.79 Å². The van der Waals surface area contributed by atoms with Gasteiger partial charge in [0.25, 0.3) is 0 Å². The molecule has 3 heterocycles. The van der Waals surface area contributed by atoms with Crippen molar-refractivity contribution in [3.8, 4) is 0 Å². The summed E-state index contributed by atoms with van der Waals surface area (Å²) in [5.41, 5.74) is 9.62. The van der Waals surface area contributed by atoms with Crippen molar-refractivity contribution in [2.75, 3.05) is 13.2 Å². The number of piperazine rings is 1. The number of primary amides is 1. The maximum atomic E-state index is 12.7. The summed E-state index contributed by atoms with van der Waals surface area (Å²) in [6.45, 7) is 1.54. The van der Waals surface area contributed by atoms with Gasteiger partial charge in [-0.2, -0.15) is 0 Å². The first-order valence-electron chi connectivity index (χ1n) is 7.43. The summed E-state index contributed by atoms with van der Waals surface area (Å²) in [4.78, 5) is 42.8. The third-order valence-corrected chi connectivity index (χ3v) is 5.29. The molecular formula is C14H16N4O6. The van der Waals surface area contributed by atoms with Crippen molar-refractivity contribution in [3.63, 3.8) is 0 Å². The highest BCUT2D eigenvalue weighted by atomic mass is 17.1. The van der Waals surface area contributed by atoms with Crippen LogP contribution in [0.2, 0.25) is 0 Å². The molecule has 4 atom stereocenters. The smallest absolute Gasteiger partial charge is 0.404 e. The lowest BCUT2D eigenvalue weighted by Crippen LogP contribution is -2.55. The van der Waals surface area contributed by atoms with Crippen molar-refractivity contribution in [1.29, 1.82) is 0 Å². The zero-order valence-electron chi connectivity index (χ0n) is 12.7. The van der Waals surface area contributed by atoms with Gasteiger partial charge >= 0.3 is 6.09 Å². The minimum atomic E-state index is -1.40. The van der Waals surface area contributed by atoms with Crippen LogP contribution in [0.25, 0.3) is 0 Å². The summed E-state index contributed by atoms with van der Waals surface area (Å²) in [7, 11) is 0. The van der Waals surface area contributed by atoms with E-state index in [-0.39, 0.29) is 41.2 Å². The highest BCUT2D eigenvalue weighted by Gasteiger charge is 2.73. The van der Waals surface area contributed by atoms with Gasteiger partial charge in [-0.15, -0.1) is 0 Å². The third kappa shape index (κ3) is 1.57. The minimum Gasteiger partial charge on any atom is -0.449 e. The topological polar surface area (TPSA) is 167 Å². The number of nitrogens with zero attached hydrogens (tertiary/aromatic N) is 1. The van der Waals surface area contributed by atoms with Crippen molar-refractivity contribution in [3.05, 3.63) is 22.5 Å². The molecule has 4 rings (SSSR count). The number of amides is 1. The normalized spacial score (nSPS) is 36.8. The molecule has 1 aliphatic carbocycles. The van der Waals surface area contributed by atoms with Crippen molar-refractivity contribution in [2.45, 2.75) is 24.7 Å². The molecule has 0 unspecified atom stereocenters. The predicted octanol–water partition coefficient (Wildman–Crippen LogP) is -1.81. The molecule has 3 aliphatic heterocycles. The van der Waals surface area contributed by atoms with E-state index in [9.17, 15) is 19.6 Å². The zero-order chi connectivity index (χ0) is 17.4. The number of ketones is 2. The molecule has 10 nitrogen and oxygen atoms in total. The summed E-state index contributed by atoms with van der Waals surface area (Å²) in [5.74, 6) is -1.81. The molecule has 2 fully saturated rings. The summed E-state index contributed by atoms with van der Waals surface area (Å²) < 4.78 is 4.86. The Morgan fingerprint density at radius 2 is 2.17 bits per heavy atom. The fraction of sp³-hybridized carbons (Fsp3) is 0.500. The quantitative estimate of drug-likeness (QED) is 0.201. The van der Waals surface area contributed by atoms with Gasteiger partial charge < -0.3 is 26.4 Å². The first-order valence-corrected chi connectivity index (χ1v) is 7.43. The second-order valence-corrected chi connectivity index (χ2v) is 6.35. The highest BCUT2D eigenvalue weighted by Crippen LogP contribution is 2.55. The number of ether oxygens (including phenoxy) is 1. The van der Waals surface area contributed by atoms with E-state index in [1.165, 1.54) is 6.92 Å². The Balaban J connectivity index is 1.85. The van der Waals surface area contributed by atoms with Gasteiger partial charge in [0.15, 0.2) is 0 Å².